The summed E-state index contributed by atoms with van der Waals surface area (Å²) in [5, 5.41) is 11.3. The summed E-state index contributed by atoms with van der Waals surface area (Å²) in [6.45, 7) is 3.96. The number of aromatic nitrogens is 1. The molecule has 1 aromatic heterocycles. The number of amides is 2. The maximum absolute atomic E-state index is 15.0. The van der Waals surface area contributed by atoms with Crippen molar-refractivity contribution in [2.75, 3.05) is 16.8 Å². The monoisotopic (exact) mass is 533 g/mol. The normalized spacial score (nSPS) is 21.4. The Morgan fingerprint density at radius 1 is 1.22 bits per heavy atom. The van der Waals surface area contributed by atoms with Gasteiger partial charge in [-0.3, -0.25) is 14.5 Å². The third kappa shape index (κ3) is 4.41. The number of carbonyl (C=O) groups is 2. The van der Waals surface area contributed by atoms with Gasteiger partial charge in [-0.05, 0) is 61.2 Å². The van der Waals surface area contributed by atoms with Gasteiger partial charge in [0, 0.05) is 12.7 Å². The summed E-state index contributed by atoms with van der Waals surface area (Å²) in [5.74, 6) is -2.03. The number of hydrogen-bond donors (Lipinski definition) is 1. The standard InChI is InChI=1S/C25H23F4N5O2S/c1-23(2)7-4-8-24(13-23)21(36)33(15-9-17(25(27,28)29)19(11-30)32-12-15)22(37)34(24)14-5-6-16(18(26)10-14)20(35)31-3/h5-6,9-10,12H,4,7-8,13H2,1-3H3,(H,31,35)/t24-/m0/s1. The van der Waals surface area contributed by atoms with E-state index in [1.165, 1.54) is 30.1 Å². The molecule has 7 nitrogen and oxygen atoms in total. The highest BCUT2D eigenvalue weighted by atomic mass is 32.1. The van der Waals surface area contributed by atoms with Gasteiger partial charge in [0.2, 0.25) is 0 Å². The second-order valence-electron chi connectivity index (χ2n) is 9.93. The molecule has 1 saturated carbocycles. The molecule has 194 valence electrons. The summed E-state index contributed by atoms with van der Waals surface area (Å²) in [6, 6.07) is 5.91. The molecule has 1 atom stereocenters. The zero-order valence-corrected chi connectivity index (χ0v) is 21.1. The van der Waals surface area contributed by atoms with Crippen LogP contribution in [0.25, 0.3) is 0 Å². The first kappa shape index (κ1) is 26.5. The van der Waals surface area contributed by atoms with Crippen LogP contribution in [0.2, 0.25) is 0 Å². The van der Waals surface area contributed by atoms with E-state index in [1.807, 2.05) is 13.8 Å². The highest BCUT2D eigenvalue weighted by Crippen LogP contribution is 2.50. The molecule has 0 bridgehead atoms. The molecular weight excluding hydrogens is 510 g/mol. The molecule has 1 aromatic carbocycles. The van der Waals surface area contributed by atoms with Gasteiger partial charge in [0.05, 0.1) is 23.0 Å². The van der Waals surface area contributed by atoms with Gasteiger partial charge in [-0.1, -0.05) is 20.3 Å². The van der Waals surface area contributed by atoms with E-state index in [1.54, 1.807) is 0 Å². The minimum atomic E-state index is -4.89. The number of nitrogens with zero attached hydrogens (tertiary/aromatic N) is 4. The lowest BCUT2D eigenvalue weighted by molar-refractivity contribution is -0.138. The summed E-state index contributed by atoms with van der Waals surface area (Å²) < 4.78 is 55.9. The molecular formula is C25H23F4N5O2S. The molecule has 0 unspecified atom stereocenters. The van der Waals surface area contributed by atoms with Crippen LogP contribution in [0.3, 0.4) is 0 Å². The average Bonchev–Trinajstić information content (AvgIpc) is 3.02. The van der Waals surface area contributed by atoms with E-state index >= 15 is 0 Å². The Bertz CT molecular complexity index is 1350. The second kappa shape index (κ2) is 9.06. The number of pyridine rings is 1. The number of hydrogen-bond acceptors (Lipinski definition) is 5. The zero-order chi connectivity index (χ0) is 27.3. The van der Waals surface area contributed by atoms with Crippen molar-refractivity contribution in [1.29, 1.82) is 5.26 Å². The van der Waals surface area contributed by atoms with Crippen LogP contribution in [0.4, 0.5) is 28.9 Å². The molecule has 4 rings (SSSR count). The van der Waals surface area contributed by atoms with Crippen LogP contribution in [0.15, 0.2) is 30.5 Å². The number of carbonyl (C=O) groups excluding carboxylic acids is 2. The molecule has 1 saturated heterocycles. The predicted octanol–water partition coefficient (Wildman–Crippen LogP) is 4.95. The van der Waals surface area contributed by atoms with Crippen LogP contribution in [-0.2, 0) is 11.0 Å². The highest BCUT2D eigenvalue weighted by Gasteiger charge is 2.59. The maximum Gasteiger partial charge on any atom is 0.419 e. The summed E-state index contributed by atoms with van der Waals surface area (Å²) in [6.07, 6.45) is -1.81. The Hall–Kier alpha value is -3.59. The van der Waals surface area contributed by atoms with Crippen molar-refractivity contribution in [3.63, 3.8) is 0 Å². The third-order valence-electron chi connectivity index (χ3n) is 6.85. The number of benzene rings is 1. The minimum Gasteiger partial charge on any atom is -0.355 e. The number of thiocarbonyl (C=S) groups is 1. The Kier molecular flexibility index (Phi) is 6.48. The molecule has 1 aliphatic heterocycles. The maximum atomic E-state index is 15.0. The van der Waals surface area contributed by atoms with E-state index in [4.69, 9.17) is 17.5 Å². The van der Waals surface area contributed by atoms with Gasteiger partial charge in [0.1, 0.15) is 17.4 Å². The first-order chi connectivity index (χ1) is 17.3. The topological polar surface area (TPSA) is 89.3 Å². The van der Waals surface area contributed by atoms with Gasteiger partial charge in [-0.15, -0.1) is 0 Å². The van der Waals surface area contributed by atoms with Crippen LogP contribution in [0.5, 0.6) is 0 Å². The van der Waals surface area contributed by atoms with Crippen LogP contribution in [0, 0.1) is 22.6 Å². The molecule has 37 heavy (non-hydrogen) atoms. The largest absolute Gasteiger partial charge is 0.419 e. The molecule has 12 heteroatoms. The highest BCUT2D eigenvalue weighted by molar-refractivity contribution is 7.81. The van der Waals surface area contributed by atoms with Crippen LogP contribution < -0.4 is 15.1 Å². The number of halogens is 4. The fourth-order valence-corrected chi connectivity index (χ4v) is 5.77. The predicted molar refractivity (Wildman–Crippen MR) is 131 cm³/mol. The van der Waals surface area contributed by atoms with Gasteiger partial charge in [-0.25, -0.2) is 9.37 Å². The Morgan fingerprint density at radius 2 is 1.92 bits per heavy atom. The molecule has 2 fully saturated rings. The van der Waals surface area contributed by atoms with Crippen molar-refractivity contribution < 1.29 is 27.2 Å². The molecule has 2 aliphatic rings. The quantitative estimate of drug-likeness (QED) is 0.444. The van der Waals surface area contributed by atoms with Gasteiger partial charge in [-0.2, -0.15) is 18.4 Å². The first-order valence-electron chi connectivity index (χ1n) is 11.4. The number of anilines is 2. The molecule has 2 amide bonds. The van der Waals surface area contributed by atoms with Crippen molar-refractivity contribution in [2.24, 2.45) is 5.41 Å². The van der Waals surface area contributed by atoms with E-state index in [0.717, 1.165) is 23.6 Å². The van der Waals surface area contributed by atoms with Crippen molar-refractivity contribution in [3.8, 4) is 6.07 Å². The fraction of sp³-hybridized carbons (Fsp3) is 0.400. The number of alkyl halides is 3. The third-order valence-corrected chi connectivity index (χ3v) is 7.22. The SMILES string of the molecule is CNC(=O)c1ccc(N2C(=S)N(c3cnc(C#N)c(C(F)(F)F)c3)C(=O)[C@@]23CCCC(C)(C)C3)cc1F. The molecule has 1 spiro atoms. The van der Waals surface area contributed by atoms with Crippen LogP contribution in [-0.4, -0.2) is 34.5 Å². The summed E-state index contributed by atoms with van der Waals surface area (Å²) in [5.41, 5.74) is -3.98. The van der Waals surface area contributed by atoms with Crippen molar-refractivity contribution in [3.05, 3.63) is 53.1 Å². The smallest absolute Gasteiger partial charge is 0.355 e. The lowest BCUT2D eigenvalue weighted by atomic mass is 9.67. The molecule has 1 N–H and O–H groups in total. The number of nitrogens with one attached hydrogen (secondary N) is 1. The minimum absolute atomic E-state index is 0.144. The Balaban J connectivity index is 1.89. The first-order valence-corrected chi connectivity index (χ1v) is 11.8. The van der Waals surface area contributed by atoms with Gasteiger partial charge in [0.25, 0.3) is 11.8 Å². The number of nitriles is 1. The van der Waals surface area contributed by atoms with Crippen molar-refractivity contribution in [2.45, 2.75) is 51.2 Å². The van der Waals surface area contributed by atoms with E-state index in [0.29, 0.717) is 25.3 Å². The van der Waals surface area contributed by atoms with E-state index < -0.39 is 40.6 Å². The van der Waals surface area contributed by atoms with Gasteiger partial charge in [0.15, 0.2) is 10.8 Å². The van der Waals surface area contributed by atoms with E-state index in [-0.39, 0.29) is 27.5 Å². The lowest BCUT2D eigenvalue weighted by Crippen LogP contribution is -2.54. The molecule has 1 aliphatic carbocycles. The molecule has 2 aromatic rings. The Morgan fingerprint density at radius 3 is 2.49 bits per heavy atom. The van der Waals surface area contributed by atoms with Crippen LogP contribution in [0.1, 0.15) is 61.1 Å². The second-order valence-corrected chi connectivity index (χ2v) is 10.3. The van der Waals surface area contributed by atoms with E-state index in [9.17, 15) is 27.2 Å². The summed E-state index contributed by atoms with van der Waals surface area (Å²) in [4.78, 5) is 32.1. The van der Waals surface area contributed by atoms with Crippen molar-refractivity contribution in [1.82, 2.24) is 10.3 Å². The van der Waals surface area contributed by atoms with E-state index in [2.05, 4.69) is 10.3 Å². The van der Waals surface area contributed by atoms with Gasteiger partial charge >= 0.3 is 6.18 Å². The zero-order valence-electron chi connectivity index (χ0n) is 20.2. The van der Waals surface area contributed by atoms with Gasteiger partial charge < -0.3 is 10.2 Å². The lowest BCUT2D eigenvalue weighted by Gasteiger charge is -2.45. The Labute approximate surface area is 216 Å². The van der Waals surface area contributed by atoms with Crippen molar-refractivity contribution >= 4 is 40.5 Å². The molecule has 0 radical (unpaired) electrons. The summed E-state index contributed by atoms with van der Waals surface area (Å²) >= 11 is 5.64. The number of rotatable bonds is 3. The summed E-state index contributed by atoms with van der Waals surface area (Å²) in [7, 11) is 1.36. The van der Waals surface area contributed by atoms with Crippen LogP contribution >= 0.6 is 12.2 Å². The molecule has 2 heterocycles. The average molecular weight is 534 g/mol. The fourth-order valence-electron chi connectivity index (χ4n) is 5.30.